The minimum Gasteiger partial charge on any atom is -0.376 e. The van der Waals surface area contributed by atoms with E-state index in [1.54, 1.807) is 0 Å². The number of hydrogen-bond acceptors (Lipinski definition) is 5. The molecule has 0 heterocycles. The van der Waals surface area contributed by atoms with E-state index < -0.39 is 37.1 Å². The molecule has 0 aliphatic carbocycles. The third-order valence-corrected chi connectivity index (χ3v) is 6.24. The van der Waals surface area contributed by atoms with E-state index in [-0.39, 0.29) is 15.5 Å². The Labute approximate surface area is 174 Å². The predicted molar refractivity (Wildman–Crippen MR) is 100 cm³/mol. The minimum absolute atomic E-state index is 0.0227. The highest BCUT2D eigenvalue weighted by Gasteiger charge is 2.48. The van der Waals surface area contributed by atoms with Gasteiger partial charge >= 0.3 is 15.6 Å². The smallest absolute Gasteiger partial charge is 0.376 e. The molecule has 0 atom stereocenters. The van der Waals surface area contributed by atoms with Gasteiger partial charge in [-0.3, -0.25) is 0 Å². The zero-order valence-corrected chi connectivity index (χ0v) is 16.9. The van der Waals surface area contributed by atoms with E-state index in [0.717, 1.165) is 36.4 Å². The molecule has 0 saturated carbocycles. The Kier molecular flexibility index (Phi) is 7.39. The molecule has 5 nitrogen and oxygen atoms in total. The lowest BCUT2D eigenvalue weighted by Gasteiger charge is -2.08. The molecule has 0 bridgehead atoms. The zero-order valence-electron chi connectivity index (χ0n) is 15.3. The Hall–Kier alpha value is -2.99. The van der Waals surface area contributed by atoms with Crippen molar-refractivity contribution in [2.24, 2.45) is 0 Å². The van der Waals surface area contributed by atoms with E-state index in [4.69, 9.17) is 0 Å². The molecule has 0 aliphatic rings. The van der Waals surface area contributed by atoms with Gasteiger partial charge in [-0.25, -0.2) is 17.2 Å². The molecule has 3 aromatic rings. The van der Waals surface area contributed by atoms with E-state index >= 15 is 0 Å². The average Bonchev–Trinajstić information content (AvgIpc) is 2.69. The Morgan fingerprint density at radius 2 is 1.00 bits per heavy atom. The average molecular weight is 480 g/mol. The first-order valence-corrected chi connectivity index (χ1v) is 11.0. The molecule has 0 amide bonds. The van der Waals surface area contributed by atoms with Crippen LogP contribution < -0.4 is 4.18 Å². The Balaban J connectivity index is 0.000000225. The van der Waals surface area contributed by atoms with Crippen LogP contribution in [0.25, 0.3) is 0 Å². The van der Waals surface area contributed by atoms with Gasteiger partial charge in [0.2, 0.25) is 9.84 Å². The molecule has 12 heteroatoms. The summed E-state index contributed by atoms with van der Waals surface area (Å²) in [5.41, 5.74) is -5.40. The van der Waals surface area contributed by atoms with Gasteiger partial charge in [-0.1, -0.05) is 18.2 Å². The summed E-state index contributed by atoms with van der Waals surface area (Å²) in [5.74, 6) is -1.39. The fourth-order valence-corrected chi connectivity index (χ4v) is 3.73. The molecule has 0 fully saturated rings. The van der Waals surface area contributed by atoms with Crippen molar-refractivity contribution in [3.05, 3.63) is 90.5 Å². The van der Waals surface area contributed by atoms with Crippen LogP contribution in [-0.2, 0) is 20.0 Å². The van der Waals surface area contributed by atoms with Gasteiger partial charge < -0.3 is 4.18 Å². The van der Waals surface area contributed by atoms with Gasteiger partial charge in [0.1, 0.15) is 17.4 Å². The van der Waals surface area contributed by atoms with Crippen molar-refractivity contribution in [1.29, 1.82) is 0 Å². The van der Waals surface area contributed by atoms with Crippen molar-refractivity contribution in [3.8, 4) is 5.75 Å². The van der Waals surface area contributed by atoms with Crippen molar-refractivity contribution in [3.63, 3.8) is 0 Å². The quantitative estimate of drug-likeness (QED) is 0.234. The lowest BCUT2D eigenvalue weighted by molar-refractivity contribution is -0.0500. The topological polar surface area (TPSA) is 77.5 Å². The number of rotatable bonds is 4. The highest BCUT2D eigenvalue weighted by molar-refractivity contribution is 7.91. The van der Waals surface area contributed by atoms with E-state index in [9.17, 15) is 38.8 Å². The van der Waals surface area contributed by atoms with Crippen LogP contribution in [0, 0.1) is 11.6 Å². The number of halogens is 5. The number of benzene rings is 3. The van der Waals surface area contributed by atoms with Crippen LogP contribution >= 0.6 is 0 Å². The molecule has 3 aromatic carbocycles. The first-order chi connectivity index (χ1) is 14.3. The van der Waals surface area contributed by atoms with Gasteiger partial charge in [0.05, 0.1) is 9.79 Å². The highest BCUT2D eigenvalue weighted by Crippen LogP contribution is 2.26. The van der Waals surface area contributed by atoms with Crippen LogP contribution in [0.15, 0.2) is 88.7 Å². The lowest BCUT2D eigenvalue weighted by Crippen LogP contribution is -2.27. The monoisotopic (exact) mass is 480 g/mol. The fraction of sp³-hybridized carbons (Fsp3) is 0.0526. The zero-order chi connectivity index (χ0) is 23.3. The molecule has 0 N–H and O–H groups in total. The highest BCUT2D eigenvalue weighted by atomic mass is 32.2. The molecule has 0 aliphatic heterocycles. The molecule has 3 rings (SSSR count). The normalized spacial score (nSPS) is 11.9. The summed E-state index contributed by atoms with van der Waals surface area (Å²) in [5, 5.41) is 0. The first-order valence-electron chi connectivity index (χ1n) is 8.15. The fourth-order valence-electron chi connectivity index (χ4n) is 2.01. The molecular formula is C19H13F5O5S2. The SMILES string of the molecule is O=S(=O)(Oc1ccccc1)C(F)(F)F.O=S(=O)(c1ccc(F)cc1)c1ccc(F)cc1. The second kappa shape index (κ2) is 9.43. The lowest BCUT2D eigenvalue weighted by atomic mass is 10.3. The van der Waals surface area contributed by atoms with E-state index in [0.29, 0.717) is 0 Å². The summed E-state index contributed by atoms with van der Waals surface area (Å²) in [6, 6.07) is 15.4. The second-order valence-corrected chi connectivity index (χ2v) is 9.20. The van der Waals surface area contributed by atoms with E-state index in [2.05, 4.69) is 4.18 Å². The molecular weight excluding hydrogens is 467 g/mol. The van der Waals surface area contributed by atoms with Gasteiger partial charge in [-0.2, -0.15) is 21.6 Å². The summed E-state index contributed by atoms with van der Waals surface area (Å²) in [6.07, 6.45) is 0. The van der Waals surface area contributed by atoms with Crippen molar-refractivity contribution < 1.29 is 43.0 Å². The maximum Gasteiger partial charge on any atom is 0.534 e. The molecule has 0 spiro atoms. The van der Waals surface area contributed by atoms with Gasteiger partial charge in [-0.05, 0) is 60.7 Å². The Bertz CT molecular complexity index is 1160. The minimum atomic E-state index is -5.55. The summed E-state index contributed by atoms with van der Waals surface area (Å²) < 4.78 is 110. The van der Waals surface area contributed by atoms with Crippen LogP contribution in [0.2, 0.25) is 0 Å². The van der Waals surface area contributed by atoms with E-state index in [1.807, 2.05) is 0 Å². The summed E-state index contributed by atoms with van der Waals surface area (Å²) in [4.78, 5) is -0.0454. The number of alkyl halides is 3. The van der Waals surface area contributed by atoms with Crippen LogP contribution in [-0.4, -0.2) is 22.3 Å². The van der Waals surface area contributed by atoms with Gasteiger partial charge in [-0.15, -0.1) is 0 Å². The van der Waals surface area contributed by atoms with Crippen molar-refractivity contribution in [1.82, 2.24) is 0 Å². The molecule has 0 radical (unpaired) electrons. The molecule has 0 saturated heterocycles. The molecule has 0 unspecified atom stereocenters. The molecule has 31 heavy (non-hydrogen) atoms. The maximum absolute atomic E-state index is 12.7. The van der Waals surface area contributed by atoms with Gasteiger partial charge in [0, 0.05) is 0 Å². The van der Waals surface area contributed by atoms with Crippen LogP contribution in [0.4, 0.5) is 22.0 Å². The number of sulfone groups is 1. The van der Waals surface area contributed by atoms with Gasteiger partial charge in [0.15, 0.2) is 0 Å². The summed E-state index contributed by atoms with van der Waals surface area (Å²) in [7, 11) is -9.26. The second-order valence-electron chi connectivity index (χ2n) is 5.71. The third-order valence-electron chi connectivity index (χ3n) is 3.48. The Morgan fingerprint density at radius 1 is 0.613 bits per heavy atom. The van der Waals surface area contributed by atoms with E-state index in [1.165, 1.54) is 42.5 Å². The number of hydrogen-bond donors (Lipinski definition) is 0. The predicted octanol–water partition coefficient (Wildman–Crippen LogP) is 4.71. The van der Waals surface area contributed by atoms with Crippen molar-refractivity contribution in [2.75, 3.05) is 0 Å². The summed E-state index contributed by atoms with van der Waals surface area (Å²) >= 11 is 0. The molecule has 0 aromatic heterocycles. The number of para-hydroxylation sites is 1. The maximum atomic E-state index is 12.7. The van der Waals surface area contributed by atoms with Crippen LogP contribution in [0.5, 0.6) is 5.75 Å². The first kappa shape index (κ1) is 24.3. The third kappa shape index (κ3) is 6.49. The van der Waals surface area contributed by atoms with Crippen LogP contribution in [0.3, 0.4) is 0 Å². The summed E-state index contributed by atoms with van der Waals surface area (Å²) in [6.45, 7) is 0. The van der Waals surface area contributed by atoms with Crippen molar-refractivity contribution in [2.45, 2.75) is 15.3 Å². The Morgan fingerprint density at radius 3 is 1.35 bits per heavy atom. The van der Waals surface area contributed by atoms with Crippen LogP contribution in [0.1, 0.15) is 0 Å². The molecule has 166 valence electrons. The largest absolute Gasteiger partial charge is 0.534 e. The standard InChI is InChI=1S/C12H8F2O2S.C7H5F3O3S/c13-9-1-5-11(6-2-9)17(15,16)12-7-3-10(14)4-8-12;8-7(9,10)14(11,12)13-6-4-2-1-3-5-6/h1-8H;1-5H. The van der Waals surface area contributed by atoms with Gasteiger partial charge in [0.25, 0.3) is 0 Å². The van der Waals surface area contributed by atoms with Crippen molar-refractivity contribution >= 4 is 20.0 Å².